The van der Waals surface area contributed by atoms with Gasteiger partial charge < -0.3 is 9.15 Å². The van der Waals surface area contributed by atoms with E-state index < -0.39 is 10.8 Å². The molecule has 0 saturated carbocycles. The van der Waals surface area contributed by atoms with E-state index in [9.17, 15) is 19.7 Å². The summed E-state index contributed by atoms with van der Waals surface area (Å²) in [7, 11) is 0. The lowest BCUT2D eigenvalue weighted by molar-refractivity contribution is -0.385. The maximum atomic E-state index is 12.7. The second-order valence-electron chi connectivity index (χ2n) is 7.10. The van der Waals surface area contributed by atoms with E-state index >= 15 is 0 Å². The van der Waals surface area contributed by atoms with Crippen molar-refractivity contribution in [1.29, 1.82) is 0 Å². The van der Waals surface area contributed by atoms with Gasteiger partial charge in [-0.05, 0) is 67.2 Å². The minimum absolute atomic E-state index is 0.0271. The molecule has 1 fully saturated rings. The highest BCUT2D eigenvalue weighted by Crippen LogP contribution is 2.34. The summed E-state index contributed by atoms with van der Waals surface area (Å²) in [6.07, 6.45) is 1.51. The summed E-state index contributed by atoms with van der Waals surface area (Å²) in [5.41, 5.74) is 1.21. The van der Waals surface area contributed by atoms with Gasteiger partial charge in [-0.15, -0.1) is 0 Å². The molecule has 0 atom stereocenters. The van der Waals surface area contributed by atoms with Crippen LogP contribution in [0, 0.1) is 17.0 Å². The second kappa shape index (κ2) is 9.51. The number of carbonyl (C=O) groups is 2. The number of ether oxygens (including phenoxy) is 1. The molecule has 1 aliphatic heterocycles. The average molecular weight is 485 g/mol. The molecule has 0 unspecified atom stereocenters. The number of halogens is 1. The topological polar surface area (TPSA) is 103 Å². The lowest BCUT2D eigenvalue weighted by atomic mass is 10.1. The van der Waals surface area contributed by atoms with Crippen molar-refractivity contribution in [3.8, 4) is 17.1 Å². The summed E-state index contributed by atoms with van der Waals surface area (Å²) in [6, 6.07) is 14.8. The molecule has 168 valence electrons. The summed E-state index contributed by atoms with van der Waals surface area (Å²) in [5, 5.41) is 11.2. The van der Waals surface area contributed by atoms with E-state index in [-0.39, 0.29) is 29.0 Å². The number of carbonyl (C=O) groups excluding carboxylic acids is 2. The van der Waals surface area contributed by atoms with Gasteiger partial charge in [-0.1, -0.05) is 11.6 Å². The van der Waals surface area contributed by atoms with Gasteiger partial charge in [0.25, 0.3) is 16.8 Å². The predicted molar refractivity (Wildman–Crippen MR) is 125 cm³/mol. The van der Waals surface area contributed by atoms with Gasteiger partial charge >= 0.3 is 0 Å². The van der Waals surface area contributed by atoms with Crippen LogP contribution in [0.5, 0.6) is 5.75 Å². The number of amides is 2. The van der Waals surface area contributed by atoms with E-state index in [2.05, 4.69) is 0 Å². The standard InChI is InChI=1S/C23H17ClN2O6S/c1-14-12-15(2-8-19(14)26(29)30)20-9-7-18(32-20)13-21-22(27)25(23(28)33-21)10-11-31-17-5-3-16(24)4-6-17/h2-9,12-13H,10-11H2,1H3/b21-13-. The van der Waals surface area contributed by atoms with Crippen LogP contribution in [-0.2, 0) is 4.79 Å². The minimum atomic E-state index is -0.441. The fourth-order valence-electron chi connectivity index (χ4n) is 3.21. The molecule has 2 aromatic carbocycles. The van der Waals surface area contributed by atoms with Crippen molar-refractivity contribution in [2.45, 2.75) is 6.92 Å². The van der Waals surface area contributed by atoms with Gasteiger partial charge in [-0.25, -0.2) is 0 Å². The number of nitro benzene ring substituents is 1. The van der Waals surface area contributed by atoms with Crippen LogP contribution in [0.3, 0.4) is 0 Å². The van der Waals surface area contributed by atoms with Crippen molar-refractivity contribution < 1.29 is 23.7 Å². The normalized spacial score (nSPS) is 14.8. The first-order valence-electron chi connectivity index (χ1n) is 9.81. The summed E-state index contributed by atoms with van der Waals surface area (Å²) >= 11 is 6.66. The van der Waals surface area contributed by atoms with Crippen LogP contribution in [-0.4, -0.2) is 34.1 Å². The Labute approximate surface area is 197 Å². The summed E-state index contributed by atoms with van der Waals surface area (Å²) in [5.74, 6) is 1.05. The van der Waals surface area contributed by atoms with E-state index in [1.165, 1.54) is 12.1 Å². The molecule has 10 heteroatoms. The van der Waals surface area contributed by atoms with Crippen LogP contribution >= 0.6 is 23.4 Å². The number of furan rings is 1. The fourth-order valence-corrected chi connectivity index (χ4v) is 4.18. The molecule has 0 N–H and O–H groups in total. The van der Waals surface area contributed by atoms with Gasteiger partial charge in [0.05, 0.1) is 16.4 Å². The van der Waals surface area contributed by atoms with Gasteiger partial charge in [-0.3, -0.25) is 24.6 Å². The Bertz CT molecular complexity index is 1270. The Hall–Kier alpha value is -3.56. The number of rotatable bonds is 7. The minimum Gasteiger partial charge on any atom is -0.492 e. The molecule has 0 spiro atoms. The lowest BCUT2D eigenvalue weighted by Crippen LogP contribution is -2.32. The van der Waals surface area contributed by atoms with Crippen LogP contribution in [0.2, 0.25) is 5.02 Å². The quantitative estimate of drug-likeness (QED) is 0.232. The number of hydrogen-bond acceptors (Lipinski definition) is 7. The van der Waals surface area contributed by atoms with Gasteiger partial charge in [0.2, 0.25) is 0 Å². The maximum absolute atomic E-state index is 12.7. The van der Waals surface area contributed by atoms with Crippen molar-refractivity contribution >= 4 is 46.3 Å². The molecular formula is C23H17ClN2O6S. The van der Waals surface area contributed by atoms with Gasteiger partial charge in [0, 0.05) is 28.3 Å². The Balaban J connectivity index is 1.42. The number of aryl methyl sites for hydroxylation is 1. The van der Waals surface area contributed by atoms with Crippen molar-refractivity contribution in [2.24, 2.45) is 0 Å². The number of benzene rings is 2. The van der Waals surface area contributed by atoms with Gasteiger partial charge in [0.1, 0.15) is 23.9 Å². The third-order valence-corrected chi connectivity index (χ3v) is 6.01. The van der Waals surface area contributed by atoms with Crippen LogP contribution in [0.25, 0.3) is 17.4 Å². The third-order valence-electron chi connectivity index (χ3n) is 4.85. The molecule has 33 heavy (non-hydrogen) atoms. The van der Waals surface area contributed by atoms with Gasteiger partial charge in [-0.2, -0.15) is 0 Å². The zero-order valence-electron chi connectivity index (χ0n) is 17.3. The zero-order valence-corrected chi connectivity index (χ0v) is 18.9. The van der Waals surface area contributed by atoms with Crippen LogP contribution in [0.1, 0.15) is 11.3 Å². The molecule has 8 nitrogen and oxygen atoms in total. The molecule has 2 heterocycles. The molecule has 4 rings (SSSR count). The summed E-state index contributed by atoms with van der Waals surface area (Å²) in [4.78, 5) is 36.9. The monoisotopic (exact) mass is 484 g/mol. The van der Waals surface area contributed by atoms with E-state index in [4.69, 9.17) is 20.8 Å². The molecular weight excluding hydrogens is 468 g/mol. The smallest absolute Gasteiger partial charge is 0.293 e. The van der Waals surface area contributed by atoms with E-state index in [0.717, 1.165) is 16.7 Å². The summed E-state index contributed by atoms with van der Waals surface area (Å²) < 4.78 is 11.3. The van der Waals surface area contributed by atoms with Crippen molar-refractivity contribution in [2.75, 3.05) is 13.2 Å². The first-order valence-corrected chi connectivity index (χ1v) is 11.0. The zero-order chi connectivity index (χ0) is 23.5. The number of thioether (sulfide) groups is 1. The van der Waals surface area contributed by atoms with Crippen molar-refractivity contribution in [3.05, 3.63) is 86.0 Å². The highest BCUT2D eigenvalue weighted by atomic mass is 35.5. The number of imide groups is 1. The van der Waals surface area contributed by atoms with E-state index in [1.54, 1.807) is 55.5 Å². The first-order chi connectivity index (χ1) is 15.8. The first kappa shape index (κ1) is 22.6. The Morgan fingerprint density at radius 3 is 2.61 bits per heavy atom. The largest absolute Gasteiger partial charge is 0.492 e. The molecule has 1 aliphatic rings. The van der Waals surface area contributed by atoms with Crippen LogP contribution < -0.4 is 4.74 Å². The average Bonchev–Trinajstić information content (AvgIpc) is 3.35. The number of hydrogen-bond donors (Lipinski definition) is 0. The Morgan fingerprint density at radius 2 is 1.91 bits per heavy atom. The molecule has 2 amide bonds. The fraction of sp³-hybridized carbons (Fsp3) is 0.130. The predicted octanol–water partition coefficient (Wildman–Crippen LogP) is 5.93. The highest BCUT2D eigenvalue weighted by molar-refractivity contribution is 8.18. The van der Waals surface area contributed by atoms with E-state index in [0.29, 0.717) is 33.4 Å². The molecule has 3 aromatic rings. The SMILES string of the molecule is Cc1cc(-c2ccc(/C=C3\SC(=O)N(CCOc4ccc(Cl)cc4)C3=O)o2)ccc1[N+](=O)[O-]. The van der Waals surface area contributed by atoms with Crippen LogP contribution in [0.4, 0.5) is 10.5 Å². The van der Waals surface area contributed by atoms with Crippen molar-refractivity contribution in [1.82, 2.24) is 4.90 Å². The Morgan fingerprint density at radius 1 is 1.15 bits per heavy atom. The van der Waals surface area contributed by atoms with Crippen molar-refractivity contribution in [3.63, 3.8) is 0 Å². The van der Waals surface area contributed by atoms with Crippen LogP contribution in [0.15, 0.2) is 63.9 Å². The lowest BCUT2D eigenvalue weighted by Gasteiger charge is -2.13. The maximum Gasteiger partial charge on any atom is 0.293 e. The highest BCUT2D eigenvalue weighted by Gasteiger charge is 2.35. The molecule has 0 aliphatic carbocycles. The second-order valence-corrected chi connectivity index (χ2v) is 8.53. The summed E-state index contributed by atoms with van der Waals surface area (Å²) in [6.45, 7) is 1.91. The van der Waals surface area contributed by atoms with E-state index in [1.807, 2.05) is 0 Å². The molecule has 0 bridgehead atoms. The molecule has 0 radical (unpaired) electrons. The molecule has 1 aromatic heterocycles. The Kier molecular flexibility index (Phi) is 6.52. The number of nitro groups is 1. The number of nitrogens with zero attached hydrogens (tertiary/aromatic N) is 2. The molecule has 1 saturated heterocycles. The third kappa shape index (κ3) is 5.10. The van der Waals surface area contributed by atoms with Gasteiger partial charge in [0.15, 0.2) is 0 Å².